The van der Waals surface area contributed by atoms with E-state index in [1.165, 1.54) is 0 Å². The number of fused-ring (bicyclic) bond motifs is 3. The van der Waals surface area contributed by atoms with Crippen LogP contribution < -0.4 is 0 Å². The molecule has 0 bridgehead atoms. The summed E-state index contributed by atoms with van der Waals surface area (Å²) < 4.78 is 70.8. The number of rotatable bonds is 0. The fourth-order valence-electron chi connectivity index (χ4n) is 1.28. The van der Waals surface area contributed by atoms with E-state index in [1.54, 1.807) is 0 Å². The summed E-state index contributed by atoms with van der Waals surface area (Å²) in [4.78, 5) is 3.77. The minimum absolute atomic E-state index is 0.103. The van der Waals surface area contributed by atoms with Gasteiger partial charge >= 0.3 is 0 Å². The van der Waals surface area contributed by atoms with Crippen molar-refractivity contribution in [1.29, 1.82) is 0 Å². The van der Waals surface area contributed by atoms with E-state index in [1.807, 2.05) is 0 Å². The molecule has 0 radical (unpaired) electrons. The molecule has 0 N–H and O–H groups in total. The van der Waals surface area contributed by atoms with Crippen LogP contribution in [0.15, 0.2) is 54.5 Å². The zero-order valence-corrected chi connectivity index (χ0v) is 6.95. The molecule has 1 nitrogen and oxygen atoms in total. The molecule has 1 aromatic heterocycles. The van der Waals surface area contributed by atoms with Gasteiger partial charge in [-0.25, -0.2) is 0 Å². The van der Waals surface area contributed by atoms with Gasteiger partial charge in [0.05, 0.1) is 17.9 Å². The third-order valence-corrected chi connectivity index (χ3v) is 1.89. The van der Waals surface area contributed by atoms with Gasteiger partial charge in [-0.3, -0.25) is 4.98 Å². The summed E-state index contributed by atoms with van der Waals surface area (Å²) in [6.07, 6.45) is -0.518. The summed E-state index contributed by atoms with van der Waals surface area (Å²) in [5.41, 5.74) is -0.182. The molecule has 0 spiro atoms. The zero-order chi connectivity index (χ0) is 17.2. The average molecular weight is 188 g/mol. The van der Waals surface area contributed by atoms with Crippen molar-refractivity contribution in [3.8, 4) is 0 Å². The van der Waals surface area contributed by atoms with Gasteiger partial charge in [-0.05, 0) is 22.9 Å². The maximum Gasteiger partial charge on any atom is 0.0840 e. The first-order valence-electron chi connectivity index (χ1n) is 8.45. The van der Waals surface area contributed by atoms with E-state index in [0.717, 1.165) is 0 Å². The normalized spacial score (nSPS) is 19.9. The maximum atomic E-state index is 8.04. The second-order valence-electron chi connectivity index (χ2n) is 2.70. The fourth-order valence-corrected chi connectivity index (χ4v) is 1.28. The molecule has 2 aromatic carbocycles. The Labute approximate surface area is 94.7 Å². The Morgan fingerprint density at radius 1 is 0.857 bits per heavy atom. The first kappa shape index (κ1) is 2.80. The number of hydrogen-bond acceptors (Lipinski definition) is 1. The molecule has 0 saturated carbocycles. The van der Waals surface area contributed by atoms with Crippen molar-refractivity contribution in [2.45, 2.75) is 0 Å². The molecule has 0 fully saturated rings. The number of aromatic nitrogens is 1. The van der Waals surface area contributed by atoms with E-state index < -0.39 is 54.5 Å². The van der Waals surface area contributed by atoms with Crippen LogP contribution in [0.3, 0.4) is 0 Å². The molecule has 0 amide bonds. The lowest BCUT2D eigenvalue weighted by Crippen LogP contribution is -1.79. The number of hydrogen-bond donors (Lipinski definition) is 0. The second kappa shape index (κ2) is 2.81. The molecule has 0 aliphatic carbocycles. The summed E-state index contributed by atoms with van der Waals surface area (Å²) in [6, 6.07) is -3.79. The summed E-state index contributed by atoms with van der Waals surface area (Å²) >= 11 is 0. The van der Waals surface area contributed by atoms with E-state index in [2.05, 4.69) is 4.98 Å². The van der Waals surface area contributed by atoms with Gasteiger partial charge in [-0.15, -0.1) is 0 Å². The Kier molecular flexibility index (Phi) is 0.561. The lowest BCUT2D eigenvalue weighted by molar-refractivity contribution is 1.42. The SMILES string of the molecule is [2H]c1nc2c([2H])c([2H])c3c([2H])c([2H])c([2H])c([2H])c3c2c([2H])c1[2H]. The predicted molar refractivity (Wildman–Crippen MR) is 59.2 cm³/mol. The molecule has 66 valence electrons. The average Bonchev–Trinajstić information content (AvgIpc) is 2.52. The molecule has 1 heteroatoms. The van der Waals surface area contributed by atoms with Crippen LogP contribution in [0.1, 0.15) is 12.3 Å². The van der Waals surface area contributed by atoms with Crippen molar-refractivity contribution in [2.24, 2.45) is 0 Å². The summed E-state index contributed by atoms with van der Waals surface area (Å²) in [6.45, 7) is 0. The largest absolute Gasteiger partial charge is 0.256 e. The first-order valence-corrected chi connectivity index (χ1v) is 3.95. The highest BCUT2D eigenvalue weighted by Gasteiger charge is 1.98. The zero-order valence-electron chi connectivity index (χ0n) is 15.9. The molecule has 0 saturated heterocycles. The molecule has 1 heterocycles. The standard InChI is InChI=1S/C13H9N/c1-2-5-11-10(4-1)7-8-13-12(11)6-3-9-14-13/h1-9H/i1D,2D,3D,4D,5D,6D,7D,8D,9D. The Bertz CT molecular complexity index is 1010. The van der Waals surface area contributed by atoms with E-state index in [9.17, 15) is 0 Å². The van der Waals surface area contributed by atoms with E-state index in [-0.39, 0.29) is 21.7 Å². The molecule has 0 aliphatic heterocycles. The third-order valence-electron chi connectivity index (χ3n) is 1.89. The van der Waals surface area contributed by atoms with Crippen molar-refractivity contribution in [3.63, 3.8) is 0 Å². The molecular formula is C13H9N. The first-order chi connectivity index (χ1) is 10.7. The maximum absolute atomic E-state index is 8.04. The highest BCUT2D eigenvalue weighted by molar-refractivity contribution is 6.05. The lowest BCUT2D eigenvalue weighted by Gasteiger charge is -2.01. The Morgan fingerprint density at radius 2 is 1.71 bits per heavy atom. The third kappa shape index (κ3) is 0.990. The highest BCUT2D eigenvalue weighted by atomic mass is 14.6. The van der Waals surface area contributed by atoms with Crippen LogP contribution >= 0.6 is 0 Å². The molecule has 0 aliphatic rings. The van der Waals surface area contributed by atoms with Gasteiger partial charge in [0.1, 0.15) is 0 Å². The van der Waals surface area contributed by atoms with E-state index >= 15 is 0 Å². The number of nitrogens with zero attached hydrogens (tertiary/aromatic N) is 1. The summed E-state index contributed by atoms with van der Waals surface area (Å²) in [7, 11) is 0. The second-order valence-corrected chi connectivity index (χ2v) is 2.70. The van der Waals surface area contributed by atoms with E-state index in [0.29, 0.717) is 0 Å². The monoisotopic (exact) mass is 188 g/mol. The van der Waals surface area contributed by atoms with Crippen molar-refractivity contribution >= 4 is 21.7 Å². The Balaban J connectivity index is 2.82. The Hall–Kier alpha value is -1.89. The number of benzene rings is 2. The van der Waals surface area contributed by atoms with Crippen molar-refractivity contribution in [3.05, 3.63) is 54.5 Å². The van der Waals surface area contributed by atoms with Crippen molar-refractivity contribution < 1.29 is 12.3 Å². The minimum Gasteiger partial charge on any atom is -0.256 e. The van der Waals surface area contributed by atoms with Gasteiger partial charge in [0.25, 0.3) is 0 Å². The van der Waals surface area contributed by atoms with Gasteiger partial charge < -0.3 is 0 Å². The minimum atomic E-state index is -0.530. The quantitative estimate of drug-likeness (QED) is 0.493. The molecule has 3 rings (SSSR count). The van der Waals surface area contributed by atoms with Crippen LogP contribution in [0.5, 0.6) is 0 Å². The van der Waals surface area contributed by atoms with Gasteiger partial charge in [0, 0.05) is 11.6 Å². The summed E-state index contributed by atoms with van der Waals surface area (Å²) in [5, 5.41) is -0.395. The van der Waals surface area contributed by atoms with E-state index in [4.69, 9.17) is 12.3 Å². The summed E-state index contributed by atoms with van der Waals surface area (Å²) in [5.74, 6) is 0. The smallest absolute Gasteiger partial charge is 0.0840 e. The van der Waals surface area contributed by atoms with Crippen LogP contribution in [0, 0.1) is 0 Å². The van der Waals surface area contributed by atoms with Crippen LogP contribution in [-0.4, -0.2) is 4.98 Å². The Morgan fingerprint density at radius 3 is 2.71 bits per heavy atom. The molecule has 14 heavy (non-hydrogen) atoms. The topological polar surface area (TPSA) is 12.9 Å². The van der Waals surface area contributed by atoms with Crippen LogP contribution in [0.25, 0.3) is 21.7 Å². The lowest BCUT2D eigenvalue weighted by atomic mass is 10.1. The van der Waals surface area contributed by atoms with Gasteiger partial charge in [0.15, 0.2) is 0 Å². The van der Waals surface area contributed by atoms with Gasteiger partial charge in [-0.1, -0.05) is 36.3 Å². The molecular weight excluding hydrogens is 170 g/mol. The van der Waals surface area contributed by atoms with Gasteiger partial charge in [0.2, 0.25) is 0 Å². The molecule has 3 aromatic rings. The fraction of sp³-hybridized carbons (Fsp3) is 0. The molecule has 0 atom stereocenters. The van der Waals surface area contributed by atoms with Crippen molar-refractivity contribution in [1.82, 2.24) is 4.98 Å². The highest BCUT2D eigenvalue weighted by Crippen LogP contribution is 2.22. The number of pyridine rings is 1. The predicted octanol–water partition coefficient (Wildman–Crippen LogP) is 3.39. The molecule has 0 unspecified atom stereocenters. The van der Waals surface area contributed by atoms with Crippen LogP contribution in [0.2, 0.25) is 0 Å². The van der Waals surface area contributed by atoms with Gasteiger partial charge in [-0.2, -0.15) is 0 Å². The van der Waals surface area contributed by atoms with Crippen LogP contribution in [0.4, 0.5) is 0 Å². The van der Waals surface area contributed by atoms with Crippen LogP contribution in [-0.2, 0) is 0 Å². The van der Waals surface area contributed by atoms with Crippen molar-refractivity contribution in [2.75, 3.05) is 0 Å².